The number of aryl methyl sites for hydroxylation is 2. The van der Waals surface area contributed by atoms with Gasteiger partial charge in [0, 0.05) is 5.56 Å². The maximum Gasteiger partial charge on any atom is 0.346 e. The fourth-order valence-corrected chi connectivity index (χ4v) is 4.72. The van der Waals surface area contributed by atoms with Crippen LogP contribution in [0.1, 0.15) is 74.8 Å². The zero-order valence-electron chi connectivity index (χ0n) is 22.1. The third kappa shape index (κ3) is 4.69. The van der Waals surface area contributed by atoms with Gasteiger partial charge in [-0.05, 0) is 90.7 Å². The number of aliphatic hydroxyl groups is 1. The van der Waals surface area contributed by atoms with Gasteiger partial charge in [-0.25, -0.2) is 24.0 Å². The van der Waals surface area contributed by atoms with Crippen molar-refractivity contribution in [1.29, 1.82) is 0 Å². The Bertz CT molecular complexity index is 1870. The lowest BCUT2D eigenvalue weighted by Gasteiger charge is -2.17. The first-order chi connectivity index (χ1) is 20.1. The first-order valence-electron chi connectivity index (χ1n) is 12.7. The van der Waals surface area contributed by atoms with Crippen LogP contribution in [-0.4, -0.2) is 35.0 Å². The van der Waals surface area contributed by atoms with Crippen LogP contribution >= 0.6 is 0 Å². The van der Waals surface area contributed by atoms with Gasteiger partial charge in [0.1, 0.15) is 11.5 Å². The molecular formula is C32H20O10. The molecule has 2 heterocycles. The van der Waals surface area contributed by atoms with E-state index in [1.54, 1.807) is 31.2 Å². The van der Waals surface area contributed by atoms with E-state index < -0.39 is 36.1 Å². The largest absolute Gasteiger partial charge is 0.461 e. The third-order valence-corrected chi connectivity index (χ3v) is 6.96. The lowest BCUT2D eigenvalue weighted by Crippen LogP contribution is -2.10. The molecule has 10 nitrogen and oxygen atoms in total. The minimum absolute atomic E-state index is 0.0188. The molecule has 4 aromatic rings. The van der Waals surface area contributed by atoms with Gasteiger partial charge >= 0.3 is 29.8 Å². The van der Waals surface area contributed by atoms with Crippen LogP contribution in [0.15, 0.2) is 72.8 Å². The van der Waals surface area contributed by atoms with Crippen LogP contribution < -0.4 is 9.47 Å². The summed E-state index contributed by atoms with van der Waals surface area (Å²) in [6.07, 6.45) is -1.39. The molecule has 0 saturated heterocycles. The minimum Gasteiger partial charge on any atom is -0.461 e. The normalized spacial score (nSPS) is 14.2. The molecular weight excluding hydrogens is 544 g/mol. The molecule has 0 aliphatic carbocycles. The molecule has 42 heavy (non-hydrogen) atoms. The van der Waals surface area contributed by atoms with E-state index >= 15 is 0 Å². The number of carbonyl (C=O) groups excluding carboxylic acids is 5. The standard InChI is InChI=1S/C32H20O10/c1-15-11-17(5-9-25(15)39-27(33)19-3-7-21-23(13-19)31(37)41-29(21)35)18-6-10-26(16(2)12-18)40-28(34)20-4-8-22-24(14-20)32(38)42-30(22)36/h3-14,27,33H,1-2H3. The van der Waals surface area contributed by atoms with Crippen molar-refractivity contribution in [1.82, 2.24) is 0 Å². The average molecular weight is 565 g/mol. The SMILES string of the molecule is Cc1cc(-c2ccc(OC(O)c3ccc4c(c3)C(=O)OC4=O)c(C)c2)ccc1OC(=O)c1ccc2c(c1)C(=O)OC2=O. The van der Waals surface area contributed by atoms with E-state index in [0.29, 0.717) is 17.1 Å². The summed E-state index contributed by atoms with van der Waals surface area (Å²) in [5.41, 5.74) is 3.81. The number of cyclic esters (lactones) is 4. The van der Waals surface area contributed by atoms with Crippen molar-refractivity contribution in [3.8, 4) is 22.6 Å². The molecule has 0 bridgehead atoms. The second kappa shape index (κ2) is 10.1. The highest BCUT2D eigenvalue weighted by molar-refractivity contribution is 6.16. The number of fused-ring (bicyclic) bond motifs is 2. The highest BCUT2D eigenvalue weighted by atomic mass is 16.6. The molecule has 2 aliphatic heterocycles. The van der Waals surface area contributed by atoms with Crippen LogP contribution in [0.4, 0.5) is 0 Å². The van der Waals surface area contributed by atoms with Crippen LogP contribution in [-0.2, 0) is 9.47 Å². The van der Waals surface area contributed by atoms with Crippen molar-refractivity contribution in [2.45, 2.75) is 20.1 Å². The fourth-order valence-electron chi connectivity index (χ4n) is 4.72. The van der Waals surface area contributed by atoms with Crippen molar-refractivity contribution in [3.63, 3.8) is 0 Å². The first kappa shape index (κ1) is 26.6. The average Bonchev–Trinajstić information content (AvgIpc) is 3.43. The molecule has 0 radical (unpaired) electrons. The molecule has 4 aromatic carbocycles. The van der Waals surface area contributed by atoms with Gasteiger partial charge in [0.25, 0.3) is 0 Å². The highest BCUT2D eigenvalue weighted by Gasteiger charge is 2.31. The number of esters is 5. The Morgan fingerprint density at radius 3 is 1.76 bits per heavy atom. The number of carbonyl (C=O) groups is 5. The second-order valence-electron chi connectivity index (χ2n) is 9.74. The molecule has 0 saturated carbocycles. The van der Waals surface area contributed by atoms with Crippen molar-refractivity contribution in [2.24, 2.45) is 0 Å². The molecule has 0 amide bonds. The summed E-state index contributed by atoms with van der Waals surface area (Å²) in [6, 6.07) is 18.9. The number of hydrogen-bond donors (Lipinski definition) is 1. The predicted molar refractivity (Wildman–Crippen MR) is 144 cm³/mol. The van der Waals surface area contributed by atoms with Gasteiger partial charge in [0.15, 0.2) is 0 Å². The summed E-state index contributed by atoms with van der Waals surface area (Å²) in [6.45, 7) is 3.60. The van der Waals surface area contributed by atoms with Gasteiger partial charge in [0.2, 0.25) is 6.29 Å². The number of hydrogen-bond acceptors (Lipinski definition) is 10. The Hall–Kier alpha value is -5.61. The molecule has 0 aromatic heterocycles. The fraction of sp³-hybridized carbons (Fsp3) is 0.0938. The van der Waals surface area contributed by atoms with Crippen molar-refractivity contribution in [3.05, 3.63) is 117 Å². The van der Waals surface area contributed by atoms with Gasteiger partial charge < -0.3 is 24.1 Å². The van der Waals surface area contributed by atoms with Gasteiger partial charge in [-0.2, -0.15) is 0 Å². The van der Waals surface area contributed by atoms with E-state index in [-0.39, 0.29) is 33.4 Å². The molecule has 0 spiro atoms. The third-order valence-electron chi connectivity index (χ3n) is 6.96. The molecule has 10 heteroatoms. The molecule has 1 N–H and O–H groups in total. The zero-order valence-corrected chi connectivity index (χ0v) is 22.1. The van der Waals surface area contributed by atoms with Crippen molar-refractivity contribution >= 4 is 29.8 Å². The summed E-state index contributed by atoms with van der Waals surface area (Å²) in [5, 5.41) is 10.6. The quantitative estimate of drug-likeness (QED) is 0.149. The second-order valence-corrected chi connectivity index (χ2v) is 9.74. The van der Waals surface area contributed by atoms with Crippen LogP contribution in [0, 0.1) is 13.8 Å². The zero-order chi connectivity index (χ0) is 29.7. The van der Waals surface area contributed by atoms with Gasteiger partial charge in [0.05, 0.1) is 27.8 Å². The summed E-state index contributed by atoms with van der Waals surface area (Å²) in [4.78, 5) is 59.7. The molecule has 0 fully saturated rings. The minimum atomic E-state index is -1.39. The van der Waals surface area contributed by atoms with Crippen LogP contribution in [0.5, 0.6) is 11.5 Å². The highest BCUT2D eigenvalue weighted by Crippen LogP contribution is 2.32. The Morgan fingerprint density at radius 2 is 1.17 bits per heavy atom. The van der Waals surface area contributed by atoms with E-state index in [1.807, 2.05) is 19.1 Å². The Morgan fingerprint density at radius 1 is 0.643 bits per heavy atom. The van der Waals surface area contributed by atoms with E-state index in [4.69, 9.17) is 9.47 Å². The molecule has 208 valence electrons. The lowest BCUT2D eigenvalue weighted by atomic mass is 10.0. The Labute approximate surface area is 238 Å². The molecule has 2 aliphatic rings. The number of rotatable bonds is 6. The van der Waals surface area contributed by atoms with E-state index in [1.165, 1.54) is 36.4 Å². The molecule has 1 atom stereocenters. The number of benzene rings is 4. The Kier molecular flexibility index (Phi) is 6.39. The van der Waals surface area contributed by atoms with Crippen molar-refractivity contribution < 1.29 is 48.0 Å². The predicted octanol–water partition coefficient (Wildman–Crippen LogP) is 4.88. The summed E-state index contributed by atoms with van der Waals surface area (Å²) < 4.78 is 20.4. The first-order valence-corrected chi connectivity index (χ1v) is 12.7. The maximum absolute atomic E-state index is 12.7. The number of ether oxygens (including phenoxy) is 4. The Balaban J connectivity index is 1.16. The van der Waals surface area contributed by atoms with E-state index in [0.717, 1.165) is 16.7 Å². The van der Waals surface area contributed by atoms with E-state index in [2.05, 4.69) is 9.47 Å². The molecule has 1 unspecified atom stereocenters. The van der Waals surface area contributed by atoms with Crippen molar-refractivity contribution in [2.75, 3.05) is 0 Å². The summed E-state index contributed by atoms with van der Waals surface area (Å²) >= 11 is 0. The monoisotopic (exact) mass is 564 g/mol. The van der Waals surface area contributed by atoms with E-state index in [9.17, 15) is 29.1 Å². The maximum atomic E-state index is 12.7. The number of aliphatic hydroxyl groups excluding tert-OH is 1. The lowest BCUT2D eigenvalue weighted by molar-refractivity contribution is -0.0199. The molecule has 6 rings (SSSR count). The summed E-state index contributed by atoms with van der Waals surface area (Å²) in [7, 11) is 0. The van der Waals surface area contributed by atoms with Gasteiger partial charge in [-0.3, -0.25) is 0 Å². The van der Waals surface area contributed by atoms with Gasteiger partial charge in [-0.15, -0.1) is 0 Å². The van der Waals surface area contributed by atoms with Crippen LogP contribution in [0.25, 0.3) is 11.1 Å². The van der Waals surface area contributed by atoms with Crippen LogP contribution in [0.2, 0.25) is 0 Å². The topological polar surface area (TPSA) is 143 Å². The van der Waals surface area contributed by atoms with Crippen LogP contribution in [0.3, 0.4) is 0 Å². The summed E-state index contributed by atoms with van der Waals surface area (Å²) in [5.74, 6) is -3.01. The smallest absolute Gasteiger partial charge is 0.346 e. The van der Waals surface area contributed by atoms with Gasteiger partial charge in [-0.1, -0.05) is 18.2 Å².